The van der Waals surface area contributed by atoms with E-state index < -0.39 is 0 Å². The maximum atomic E-state index is 7.07. The molecular weight excluding hydrogens is 641 g/mol. The Labute approximate surface area is 305 Å². The Kier molecular flexibility index (Phi) is 5.84. The molecule has 1 heteroatoms. The van der Waals surface area contributed by atoms with Crippen molar-refractivity contribution in [2.45, 2.75) is 0 Å². The molecule has 0 aliphatic carbocycles. The van der Waals surface area contributed by atoms with Crippen molar-refractivity contribution in [3.63, 3.8) is 0 Å². The summed E-state index contributed by atoms with van der Waals surface area (Å²) in [5, 5.41) is 17.4. The van der Waals surface area contributed by atoms with E-state index in [1.807, 2.05) is 0 Å². The number of furan rings is 1. The van der Waals surface area contributed by atoms with Crippen LogP contribution < -0.4 is 0 Å². The Balaban J connectivity index is 1.09. The lowest BCUT2D eigenvalue weighted by molar-refractivity contribution is 0.674. The first-order valence-electron chi connectivity index (χ1n) is 18.3. The van der Waals surface area contributed by atoms with E-state index in [4.69, 9.17) is 4.42 Å². The molecule has 1 nitrogen and oxygen atoms in total. The summed E-state index contributed by atoms with van der Waals surface area (Å²) < 4.78 is 7.07. The lowest BCUT2D eigenvalue weighted by atomic mass is 9.88. The zero-order valence-corrected chi connectivity index (χ0v) is 28.7. The molecule has 0 radical (unpaired) electrons. The molecular formula is C52H30O. The van der Waals surface area contributed by atoms with Crippen LogP contribution in [0, 0.1) is 0 Å². The van der Waals surface area contributed by atoms with E-state index >= 15 is 0 Å². The van der Waals surface area contributed by atoms with Gasteiger partial charge in [0.05, 0.1) is 0 Å². The van der Waals surface area contributed by atoms with Gasteiger partial charge >= 0.3 is 0 Å². The van der Waals surface area contributed by atoms with Crippen molar-refractivity contribution in [3.8, 4) is 33.4 Å². The molecule has 1 aromatic heterocycles. The summed E-state index contributed by atoms with van der Waals surface area (Å²) in [5.74, 6) is 0. The molecule has 12 aromatic rings. The van der Waals surface area contributed by atoms with Gasteiger partial charge in [0.15, 0.2) is 0 Å². The fourth-order valence-corrected chi connectivity index (χ4v) is 9.15. The standard InChI is InChI=1S/C52H30O/c1-4-13-41-31(8-1)22-27-46-50-40(28-29-45(52(50)53-51(41)46)47-30-37-9-2-3-12-38(37)42-14-5-6-15-43(42)47)33-18-16-32(17-19-33)39-25-23-36-21-20-34-10-7-11-35-24-26-44(39)49(36)48(34)35/h1-30H. The summed E-state index contributed by atoms with van der Waals surface area (Å²) in [7, 11) is 0. The minimum atomic E-state index is 0.921. The smallest absolute Gasteiger partial charge is 0.143 e. The second kappa shape index (κ2) is 10.8. The summed E-state index contributed by atoms with van der Waals surface area (Å²) >= 11 is 0. The molecule has 0 bridgehead atoms. The molecule has 0 N–H and O–H groups in total. The highest BCUT2D eigenvalue weighted by Gasteiger charge is 2.21. The average molecular weight is 671 g/mol. The Hall–Kier alpha value is -6.96. The Bertz CT molecular complexity index is 3420. The Morgan fingerprint density at radius 3 is 1.60 bits per heavy atom. The van der Waals surface area contributed by atoms with Crippen LogP contribution in [0.1, 0.15) is 0 Å². The van der Waals surface area contributed by atoms with Crippen molar-refractivity contribution >= 4 is 86.6 Å². The normalized spacial score (nSPS) is 12.2. The van der Waals surface area contributed by atoms with Crippen LogP contribution in [-0.4, -0.2) is 0 Å². The van der Waals surface area contributed by atoms with E-state index in [2.05, 4.69) is 182 Å². The topological polar surface area (TPSA) is 13.1 Å². The van der Waals surface area contributed by atoms with Gasteiger partial charge in [-0.25, -0.2) is 0 Å². The van der Waals surface area contributed by atoms with Gasteiger partial charge in [-0.05, 0) is 105 Å². The van der Waals surface area contributed by atoms with Crippen molar-refractivity contribution in [2.75, 3.05) is 0 Å². The van der Waals surface area contributed by atoms with Crippen molar-refractivity contribution in [1.29, 1.82) is 0 Å². The van der Waals surface area contributed by atoms with Gasteiger partial charge in [0.1, 0.15) is 11.2 Å². The van der Waals surface area contributed by atoms with Gasteiger partial charge in [0.25, 0.3) is 0 Å². The number of benzene rings is 11. The first kappa shape index (κ1) is 28.7. The molecule has 12 rings (SSSR count). The zero-order chi connectivity index (χ0) is 34.6. The minimum Gasteiger partial charge on any atom is -0.455 e. The SMILES string of the molecule is c1ccc2c(c1)cc(-c1ccc(-c3ccc(-c4ccc5ccc6cccc7ccc4c5c67)cc3)c3c1oc1c4ccccc4ccc13)c1ccccc12. The Morgan fingerprint density at radius 1 is 0.245 bits per heavy atom. The van der Waals surface area contributed by atoms with Crippen LogP contribution >= 0.6 is 0 Å². The third-order valence-electron chi connectivity index (χ3n) is 11.6. The average Bonchev–Trinajstić information content (AvgIpc) is 3.63. The number of hydrogen-bond donors (Lipinski definition) is 0. The molecule has 53 heavy (non-hydrogen) atoms. The molecule has 1 heterocycles. The highest BCUT2D eigenvalue weighted by molar-refractivity contribution is 6.26. The lowest BCUT2D eigenvalue weighted by Crippen LogP contribution is -1.88. The van der Waals surface area contributed by atoms with Crippen LogP contribution in [0.4, 0.5) is 0 Å². The summed E-state index contributed by atoms with van der Waals surface area (Å²) in [5.41, 5.74) is 8.95. The molecule has 0 aliphatic rings. The molecule has 0 saturated carbocycles. The lowest BCUT2D eigenvalue weighted by Gasteiger charge is -2.15. The van der Waals surface area contributed by atoms with Gasteiger partial charge in [-0.3, -0.25) is 0 Å². The summed E-state index contributed by atoms with van der Waals surface area (Å²) in [6.45, 7) is 0. The fourth-order valence-electron chi connectivity index (χ4n) is 9.15. The maximum Gasteiger partial charge on any atom is 0.143 e. The van der Waals surface area contributed by atoms with E-state index in [9.17, 15) is 0 Å². The minimum absolute atomic E-state index is 0.921. The van der Waals surface area contributed by atoms with Gasteiger partial charge in [-0.15, -0.1) is 0 Å². The quantitative estimate of drug-likeness (QED) is 0.171. The molecule has 0 saturated heterocycles. The molecule has 244 valence electrons. The first-order chi connectivity index (χ1) is 26.3. The Morgan fingerprint density at radius 2 is 0.792 bits per heavy atom. The molecule has 11 aromatic carbocycles. The van der Waals surface area contributed by atoms with Crippen LogP contribution in [0.5, 0.6) is 0 Å². The van der Waals surface area contributed by atoms with Crippen LogP contribution in [0.2, 0.25) is 0 Å². The fraction of sp³-hybridized carbons (Fsp3) is 0. The molecule has 0 fully saturated rings. The van der Waals surface area contributed by atoms with Crippen molar-refractivity contribution in [2.24, 2.45) is 0 Å². The molecule has 0 unspecified atom stereocenters. The van der Waals surface area contributed by atoms with E-state index in [0.29, 0.717) is 0 Å². The van der Waals surface area contributed by atoms with E-state index in [1.54, 1.807) is 0 Å². The largest absolute Gasteiger partial charge is 0.455 e. The highest BCUT2D eigenvalue weighted by atomic mass is 16.3. The zero-order valence-electron chi connectivity index (χ0n) is 28.7. The summed E-state index contributed by atoms with van der Waals surface area (Å²) in [6, 6.07) is 66.7. The molecule has 0 aliphatic heterocycles. The number of rotatable bonds is 3. The van der Waals surface area contributed by atoms with Crippen LogP contribution in [-0.2, 0) is 0 Å². The van der Waals surface area contributed by atoms with Gasteiger partial charge in [0.2, 0.25) is 0 Å². The van der Waals surface area contributed by atoms with E-state index in [1.165, 1.54) is 87.1 Å². The van der Waals surface area contributed by atoms with Gasteiger partial charge < -0.3 is 4.42 Å². The van der Waals surface area contributed by atoms with E-state index in [-0.39, 0.29) is 0 Å². The highest BCUT2D eigenvalue weighted by Crippen LogP contribution is 2.46. The van der Waals surface area contributed by atoms with Crippen LogP contribution in [0.15, 0.2) is 186 Å². The predicted molar refractivity (Wildman–Crippen MR) is 226 cm³/mol. The van der Waals surface area contributed by atoms with Gasteiger partial charge in [-0.1, -0.05) is 164 Å². The molecule has 0 amide bonds. The second-order valence-corrected chi connectivity index (χ2v) is 14.4. The molecule has 0 spiro atoms. The third kappa shape index (κ3) is 4.08. The first-order valence-corrected chi connectivity index (χ1v) is 18.3. The van der Waals surface area contributed by atoms with Gasteiger partial charge in [-0.2, -0.15) is 0 Å². The number of fused-ring (bicyclic) bond motifs is 8. The second-order valence-electron chi connectivity index (χ2n) is 14.4. The van der Waals surface area contributed by atoms with E-state index in [0.717, 1.165) is 32.9 Å². The predicted octanol–water partition coefficient (Wildman–Crippen LogP) is 14.9. The number of hydrogen-bond acceptors (Lipinski definition) is 1. The summed E-state index contributed by atoms with van der Waals surface area (Å²) in [6.07, 6.45) is 0. The van der Waals surface area contributed by atoms with Crippen LogP contribution in [0.3, 0.4) is 0 Å². The van der Waals surface area contributed by atoms with Crippen molar-refractivity contribution in [1.82, 2.24) is 0 Å². The van der Waals surface area contributed by atoms with Crippen molar-refractivity contribution < 1.29 is 4.42 Å². The van der Waals surface area contributed by atoms with Crippen molar-refractivity contribution in [3.05, 3.63) is 182 Å². The third-order valence-corrected chi connectivity index (χ3v) is 11.6. The monoisotopic (exact) mass is 670 g/mol. The summed E-state index contributed by atoms with van der Waals surface area (Å²) in [4.78, 5) is 0. The van der Waals surface area contributed by atoms with Gasteiger partial charge in [0, 0.05) is 21.7 Å². The maximum absolute atomic E-state index is 7.07. The molecule has 0 atom stereocenters. The van der Waals surface area contributed by atoms with Crippen LogP contribution in [0.25, 0.3) is 120 Å².